The van der Waals surface area contributed by atoms with Crippen LogP contribution in [0, 0.1) is 0 Å². The molecule has 0 atom stereocenters. The Bertz CT molecular complexity index is 727. The Morgan fingerprint density at radius 1 is 1.19 bits per heavy atom. The van der Waals surface area contributed by atoms with Crippen molar-refractivity contribution < 1.29 is 18.7 Å². The predicted octanol–water partition coefficient (Wildman–Crippen LogP) is 3.10. The van der Waals surface area contributed by atoms with Crippen LogP contribution in [-0.4, -0.2) is 51.2 Å². The van der Waals surface area contributed by atoms with E-state index < -0.39 is 0 Å². The summed E-state index contributed by atoms with van der Waals surface area (Å²) in [5.74, 6) is 2.05. The monoisotopic (exact) mass is 403 g/mol. The molecule has 9 heteroatoms. The van der Waals surface area contributed by atoms with Gasteiger partial charge in [0.15, 0.2) is 11.5 Å². The number of methoxy groups -OCH3 is 3. The highest BCUT2D eigenvalue weighted by Gasteiger charge is 2.39. The third-order valence-corrected chi connectivity index (χ3v) is 4.83. The molecule has 0 bridgehead atoms. The Morgan fingerprint density at radius 3 is 2.54 bits per heavy atom. The molecule has 2 aromatic rings. The number of ether oxygens (including phenoxy) is 3. The summed E-state index contributed by atoms with van der Waals surface area (Å²) in [6.07, 6.45) is 1.77. The van der Waals surface area contributed by atoms with Gasteiger partial charge in [-0.15, -0.1) is 12.4 Å². The fourth-order valence-electron chi connectivity index (χ4n) is 3.20. The van der Waals surface area contributed by atoms with E-state index in [9.17, 15) is 0 Å². The quantitative estimate of drug-likeness (QED) is 0.793. The second-order valence-electron chi connectivity index (χ2n) is 6.08. The van der Waals surface area contributed by atoms with E-state index in [1.165, 1.54) is 0 Å². The van der Waals surface area contributed by atoms with Gasteiger partial charge in [0.25, 0.3) is 0 Å². The van der Waals surface area contributed by atoms with Crippen molar-refractivity contribution in [3.8, 4) is 22.9 Å². The zero-order valence-corrected chi connectivity index (χ0v) is 16.6. The number of nitrogens with zero attached hydrogens (tertiary/aromatic N) is 2. The van der Waals surface area contributed by atoms with Crippen molar-refractivity contribution >= 4 is 24.0 Å². The molecule has 1 aliphatic rings. The molecule has 0 spiro atoms. The molecule has 1 aromatic heterocycles. The van der Waals surface area contributed by atoms with Crippen molar-refractivity contribution in [2.24, 2.45) is 0 Å². The predicted molar refractivity (Wildman–Crippen MR) is 101 cm³/mol. The van der Waals surface area contributed by atoms with Gasteiger partial charge in [-0.1, -0.05) is 16.8 Å². The SMILES string of the molecule is COCC1(c2nc(-c3cc(Cl)c(OC)c(OC)c3)no2)CCNCC1.Cl. The van der Waals surface area contributed by atoms with Crippen LogP contribution in [0.1, 0.15) is 18.7 Å². The van der Waals surface area contributed by atoms with Gasteiger partial charge in [0, 0.05) is 12.7 Å². The zero-order chi connectivity index (χ0) is 17.9. The van der Waals surface area contributed by atoms with Crippen molar-refractivity contribution in [2.45, 2.75) is 18.3 Å². The van der Waals surface area contributed by atoms with Crippen molar-refractivity contribution in [1.29, 1.82) is 0 Å². The smallest absolute Gasteiger partial charge is 0.235 e. The van der Waals surface area contributed by atoms with E-state index in [2.05, 4.69) is 15.5 Å². The standard InChI is InChI=1S/C17H22ClN3O4.ClH/c1-22-10-17(4-6-19-7-5-17)16-20-15(21-25-16)11-8-12(18)14(24-3)13(9-11)23-2;/h8-9,19H,4-7,10H2,1-3H3;1H. The second kappa shape index (κ2) is 8.90. The Balaban J connectivity index is 0.00000243. The van der Waals surface area contributed by atoms with Crippen LogP contribution >= 0.6 is 24.0 Å². The van der Waals surface area contributed by atoms with Gasteiger partial charge in [0.2, 0.25) is 11.7 Å². The maximum atomic E-state index is 6.28. The van der Waals surface area contributed by atoms with Gasteiger partial charge in [-0.05, 0) is 38.1 Å². The number of halogens is 2. The lowest BCUT2D eigenvalue weighted by Crippen LogP contribution is -2.43. The van der Waals surface area contributed by atoms with E-state index in [0.29, 0.717) is 40.4 Å². The third-order valence-electron chi connectivity index (χ3n) is 4.55. The number of hydrogen-bond donors (Lipinski definition) is 1. The summed E-state index contributed by atoms with van der Waals surface area (Å²) in [5, 5.41) is 7.92. The Labute approximate surface area is 163 Å². The van der Waals surface area contributed by atoms with Crippen LogP contribution in [0.3, 0.4) is 0 Å². The zero-order valence-electron chi connectivity index (χ0n) is 15.0. The first-order chi connectivity index (χ1) is 12.1. The molecule has 1 N–H and O–H groups in total. The van der Waals surface area contributed by atoms with E-state index in [0.717, 1.165) is 25.9 Å². The number of piperidine rings is 1. The van der Waals surface area contributed by atoms with Gasteiger partial charge >= 0.3 is 0 Å². The minimum absolute atomic E-state index is 0. The summed E-state index contributed by atoms with van der Waals surface area (Å²) in [6, 6.07) is 3.52. The topological polar surface area (TPSA) is 78.6 Å². The molecule has 26 heavy (non-hydrogen) atoms. The second-order valence-corrected chi connectivity index (χ2v) is 6.49. The van der Waals surface area contributed by atoms with Crippen LogP contribution in [0.4, 0.5) is 0 Å². The molecule has 2 heterocycles. The Hall–Kier alpha value is -1.54. The molecule has 144 valence electrons. The Morgan fingerprint density at radius 2 is 1.92 bits per heavy atom. The summed E-state index contributed by atoms with van der Waals surface area (Å²) >= 11 is 6.28. The van der Waals surface area contributed by atoms with Crippen molar-refractivity contribution in [3.63, 3.8) is 0 Å². The summed E-state index contributed by atoms with van der Waals surface area (Å²) < 4.78 is 21.6. The van der Waals surface area contributed by atoms with Crippen LogP contribution in [0.2, 0.25) is 5.02 Å². The van der Waals surface area contributed by atoms with Gasteiger partial charge < -0.3 is 24.1 Å². The minimum atomic E-state index is -0.258. The summed E-state index contributed by atoms with van der Waals surface area (Å²) in [6.45, 7) is 2.33. The highest BCUT2D eigenvalue weighted by atomic mass is 35.5. The Kier molecular flexibility index (Phi) is 7.11. The van der Waals surface area contributed by atoms with E-state index in [1.54, 1.807) is 33.5 Å². The first-order valence-corrected chi connectivity index (χ1v) is 8.47. The molecular formula is C17H23Cl2N3O4. The maximum absolute atomic E-state index is 6.28. The summed E-state index contributed by atoms with van der Waals surface area (Å²) in [7, 11) is 4.79. The summed E-state index contributed by atoms with van der Waals surface area (Å²) in [5.41, 5.74) is 0.449. The highest BCUT2D eigenvalue weighted by molar-refractivity contribution is 6.32. The largest absolute Gasteiger partial charge is 0.493 e. The van der Waals surface area contributed by atoms with Crippen molar-refractivity contribution in [2.75, 3.05) is 41.0 Å². The molecule has 0 radical (unpaired) electrons. The van der Waals surface area contributed by atoms with Crippen LogP contribution in [0.15, 0.2) is 16.7 Å². The summed E-state index contributed by atoms with van der Waals surface area (Å²) in [4.78, 5) is 4.63. The van der Waals surface area contributed by atoms with Crippen molar-refractivity contribution in [3.05, 3.63) is 23.0 Å². The maximum Gasteiger partial charge on any atom is 0.235 e. The number of benzene rings is 1. The van der Waals surface area contributed by atoms with Crippen LogP contribution in [0.5, 0.6) is 11.5 Å². The molecule has 0 aliphatic carbocycles. The molecular weight excluding hydrogens is 381 g/mol. The average molecular weight is 404 g/mol. The first kappa shape index (κ1) is 20.8. The van der Waals surface area contributed by atoms with E-state index in [1.807, 2.05) is 0 Å². The molecule has 1 fully saturated rings. The van der Waals surface area contributed by atoms with Crippen LogP contribution in [-0.2, 0) is 10.2 Å². The number of rotatable bonds is 6. The average Bonchev–Trinajstić information content (AvgIpc) is 3.13. The molecule has 0 saturated carbocycles. The van der Waals surface area contributed by atoms with Gasteiger partial charge in [0.1, 0.15) is 0 Å². The van der Waals surface area contributed by atoms with Gasteiger partial charge in [-0.3, -0.25) is 0 Å². The molecule has 3 rings (SSSR count). The molecule has 7 nitrogen and oxygen atoms in total. The minimum Gasteiger partial charge on any atom is -0.493 e. The third kappa shape index (κ3) is 3.91. The number of hydrogen-bond acceptors (Lipinski definition) is 7. The number of aromatic nitrogens is 2. The van der Waals surface area contributed by atoms with E-state index >= 15 is 0 Å². The van der Waals surface area contributed by atoms with Crippen LogP contribution < -0.4 is 14.8 Å². The first-order valence-electron chi connectivity index (χ1n) is 8.09. The highest BCUT2D eigenvalue weighted by Crippen LogP contribution is 2.39. The van der Waals surface area contributed by atoms with Gasteiger partial charge in [-0.2, -0.15) is 4.98 Å². The fourth-order valence-corrected chi connectivity index (χ4v) is 3.49. The molecule has 0 unspecified atom stereocenters. The molecule has 1 aromatic carbocycles. The lowest BCUT2D eigenvalue weighted by molar-refractivity contribution is 0.0850. The lowest BCUT2D eigenvalue weighted by atomic mass is 9.79. The van der Waals surface area contributed by atoms with Gasteiger partial charge in [-0.25, -0.2) is 0 Å². The molecule has 1 saturated heterocycles. The normalized spacial score (nSPS) is 16.0. The number of nitrogens with one attached hydrogen (secondary N) is 1. The fraction of sp³-hybridized carbons (Fsp3) is 0.529. The van der Waals surface area contributed by atoms with Gasteiger partial charge in [0.05, 0.1) is 31.3 Å². The molecule has 1 aliphatic heterocycles. The van der Waals surface area contributed by atoms with E-state index in [4.69, 9.17) is 30.3 Å². The molecule has 0 amide bonds. The van der Waals surface area contributed by atoms with Crippen molar-refractivity contribution in [1.82, 2.24) is 15.5 Å². The van der Waals surface area contributed by atoms with E-state index in [-0.39, 0.29) is 17.8 Å². The lowest BCUT2D eigenvalue weighted by Gasteiger charge is -2.33. The van der Waals surface area contributed by atoms with Crippen LogP contribution in [0.25, 0.3) is 11.4 Å².